The molecule has 0 aliphatic rings. The predicted octanol–water partition coefficient (Wildman–Crippen LogP) is 1.20. The average molecular weight is 312 g/mol. The maximum Gasteiger partial charge on any atom is 0.338 e. The van der Waals surface area contributed by atoms with Gasteiger partial charge in [-0.15, -0.1) is 0 Å². The molecule has 8 heteroatoms. The van der Waals surface area contributed by atoms with Gasteiger partial charge in [-0.05, 0) is 12.1 Å². The van der Waals surface area contributed by atoms with Crippen molar-refractivity contribution in [3.05, 3.63) is 35.4 Å². The highest BCUT2D eigenvalue weighted by Gasteiger charge is 2.16. The summed E-state index contributed by atoms with van der Waals surface area (Å²) in [5.41, 5.74) is 0.420. The predicted molar refractivity (Wildman–Crippen MR) is 73.6 cm³/mol. The molecular formula is C14H16O8. The van der Waals surface area contributed by atoms with Crippen LogP contribution >= 0.6 is 0 Å². The molecule has 0 aliphatic carbocycles. The topological polar surface area (TPSA) is 127 Å². The number of carboxylic acid groups (broad SMARTS) is 2. The second-order valence-electron chi connectivity index (χ2n) is 3.82. The number of carboxylic acids is 2. The molecule has 1 aromatic carbocycles. The van der Waals surface area contributed by atoms with Crippen LogP contribution in [0.4, 0.5) is 0 Å². The molecule has 0 aliphatic heterocycles. The molecule has 0 bridgehead atoms. The lowest BCUT2D eigenvalue weighted by Gasteiger charge is -2.04. The lowest BCUT2D eigenvalue weighted by Crippen LogP contribution is -2.11. The molecule has 0 heterocycles. The second kappa shape index (κ2) is 9.92. The van der Waals surface area contributed by atoms with E-state index in [1.54, 1.807) is 12.1 Å². The molecular weight excluding hydrogens is 296 g/mol. The van der Waals surface area contributed by atoms with Crippen LogP contribution in [0.25, 0.3) is 0 Å². The van der Waals surface area contributed by atoms with Crippen molar-refractivity contribution in [2.45, 2.75) is 12.8 Å². The molecule has 0 amide bonds. The Morgan fingerprint density at radius 3 is 1.36 bits per heavy atom. The summed E-state index contributed by atoms with van der Waals surface area (Å²) >= 11 is 0. The fraction of sp³-hybridized carbons (Fsp3) is 0.286. The molecule has 0 spiro atoms. The van der Waals surface area contributed by atoms with Crippen molar-refractivity contribution >= 4 is 23.9 Å². The van der Waals surface area contributed by atoms with Gasteiger partial charge in [0.1, 0.15) is 0 Å². The number of rotatable bonds is 5. The first-order chi connectivity index (χ1) is 10.3. The quantitative estimate of drug-likeness (QED) is 0.776. The Kier molecular flexibility index (Phi) is 8.61. The van der Waals surface area contributed by atoms with Gasteiger partial charge in [0, 0.05) is 0 Å². The number of carbonyl (C=O) groups is 4. The Balaban J connectivity index is 0.000000472. The molecule has 8 nitrogen and oxygen atoms in total. The van der Waals surface area contributed by atoms with Crippen molar-refractivity contribution in [1.29, 1.82) is 0 Å². The molecule has 0 radical (unpaired) electrons. The third kappa shape index (κ3) is 7.04. The first-order valence-corrected chi connectivity index (χ1v) is 6.02. The summed E-state index contributed by atoms with van der Waals surface area (Å²) in [6.45, 7) is 0. The number of hydrogen-bond acceptors (Lipinski definition) is 6. The summed E-state index contributed by atoms with van der Waals surface area (Å²) in [6, 6.07) is 6.33. The monoisotopic (exact) mass is 312 g/mol. The third-order valence-corrected chi connectivity index (χ3v) is 2.29. The Morgan fingerprint density at radius 2 is 1.14 bits per heavy atom. The summed E-state index contributed by atoms with van der Waals surface area (Å²) in [5.74, 6) is -3.25. The van der Waals surface area contributed by atoms with Crippen molar-refractivity contribution in [2.75, 3.05) is 14.2 Å². The van der Waals surface area contributed by atoms with Gasteiger partial charge >= 0.3 is 23.9 Å². The van der Waals surface area contributed by atoms with E-state index in [-0.39, 0.29) is 24.0 Å². The van der Waals surface area contributed by atoms with Gasteiger partial charge < -0.3 is 19.7 Å². The highest BCUT2D eigenvalue weighted by Crippen LogP contribution is 2.10. The highest BCUT2D eigenvalue weighted by atomic mass is 16.5. The molecule has 2 N–H and O–H groups in total. The van der Waals surface area contributed by atoms with Crippen LogP contribution in [0.2, 0.25) is 0 Å². The van der Waals surface area contributed by atoms with Crippen molar-refractivity contribution in [1.82, 2.24) is 0 Å². The van der Waals surface area contributed by atoms with Crippen LogP contribution in [-0.2, 0) is 19.1 Å². The molecule has 0 atom stereocenters. The molecule has 0 unspecified atom stereocenters. The molecule has 1 aromatic rings. The zero-order valence-corrected chi connectivity index (χ0v) is 12.1. The molecule has 1 rings (SSSR count). The molecule has 0 saturated heterocycles. The Bertz CT molecular complexity index is 501. The van der Waals surface area contributed by atoms with Crippen LogP contribution in [-0.4, -0.2) is 48.3 Å². The molecule has 0 saturated carbocycles. The summed E-state index contributed by atoms with van der Waals surface area (Å²) in [5, 5.41) is 15.8. The number of methoxy groups -OCH3 is 2. The number of carbonyl (C=O) groups excluding carboxylic acids is 2. The van der Waals surface area contributed by atoms with Gasteiger partial charge in [0.2, 0.25) is 0 Å². The number of esters is 2. The van der Waals surface area contributed by atoms with Gasteiger partial charge in [-0.1, -0.05) is 12.1 Å². The van der Waals surface area contributed by atoms with E-state index < -0.39 is 23.9 Å². The second-order valence-corrected chi connectivity index (χ2v) is 3.82. The Morgan fingerprint density at radius 1 is 0.818 bits per heavy atom. The molecule has 0 fully saturated rings. The standard InChI is InChI=1S/C10H10O4.C4H6O4/c1-13-9(11)7-5-3-4-6-8(7)10(12)14-2;5-3(6)1-2-4(7)8/h3-6H,1-2H3;1-2H2,(H,5,6)(H,7,8). The minimum Gasteiger partial charge on any atom is -0.481 e. The smallest absolute Gasteiger partial charge is 0.338 e. The van der Waals surface area contributed by atoms with Gasteiger partial charge in [-0.25, -0.2) is 9.59 Å². The van der Waals surface area contributed by atoms with E-state index in [2.05, 4.69) is 9.47 Å². The van der Waals surface area contributed by atoms with E-state index in [1.165, 1.54) is 26.4 Å². The van der Waals surface area contributed by atoms with Crippen LogP contribution in [0.15, 0.2) is 24.3 Å². The fourth-order valence-corrected chi connectivity index (χ4v) is 1.27. The number of hydrogen-bond donors (Lipinski definition) is 2. The Hall–Kier alpha value is -2.90. The van der Waals surface area contributed by atoms with Gasteiger partial charge in [0.05, 0.1) is 38.2 Å². The van der Waals surface area contributed by atoms with Crippen LogP contribution < -0.4 is 0 Å². The van der Waals surface area contributed by atoms with E-state index in [9.17, 15) is 19.2 Å². The maximum absolute atomic E-state index is 11.2. The SMILES string of the molecule is COC(=O)c1ccccc1C(=O)OC.O=C(O)CCC(=O)O. The first-order valence-electron chi connectivity index (χ1n) is 6.02. The van der Waals surface area contributed by atoms with Crippen LogP contribution in [0.1, 0.15) is 33.6 Å². The number of ether oxygens (including phenoxy) is 2. The van der Waals surface area contributed by atoms with Crippen LogP contribution in [0.3, 0.4) is 0 Å². The zero-order chi connectivity index (χ0) is 17.1. The van der Waals surface area contributed by atoms with Crippen molar-refractivity contribution < 1.29 is 38.9 Å². The van der Waals surface area contributed by atoms with Gasteiger partial charge in [-0.3, -0.25) is 9.59 Å². The molecule has 22 heavy (non-hydrogen) atoms. The average Bonchev–Trinajstić information content (AvgIpc) is 2.52. The number of benzene rings is 1. The van der Waals surface area contributed by atoms with Crippen molar-refractivity contribution in [3.63, 3.8) is 0 Å². The third-order valence-electron chi connectivity index (χ3n) is 2.29. The van der Waals surface area contributed by atoms with E-state index in [0.717, 1.165) is 0 Å². The summed E-state index contributed by atoms with van der Waals surface area (Å²) in [6.07, 6.45) is -0.593. The van der Waals surface area contributed by atoms with E-state index in [4.69, 9.17) is 10.2 Å². The van der Waals surface area contributed by atoms with E-state index >= 15 is 0 Å². The molecule has 120 valence electrons. The lowest BCUT2D eigenvalue weighted by molar-refractivity contribution is -0.143. The zero-order valence-electron chi connectivity index (χ0n) is 12.1. The maximum atomic E-state index is 11.2. The van der Waals surface area contributed by atoms with Crippen LogP contribution in [0.5, 0.6) is 0 Å². The normalized spacial score (nSPS) is 9.00. The minimum absolute atomic E-state index is 0.210. The summed E-state index contributed by atoms with van der Waals surface area (Å²) in [7, 11) is 2.52. The summed E-state index contributed by atoms with van der Waals surface area (Å²) in [4.78, 5) is 41.7. The summed E-state index contributed by atoms with van der Waals surface area (Å²) < 4.78 is 9.05. The Labute approximate surface area is 126 Å². The minimum atomic E-state index is -1.08. The van der Waals surface area contributed by atoms with E-state index in [1.807, 2.05) is 0 Å². The molecule has 0 aromatic heterocycles. The van der Waals surface area contributed by atoms with Gasteiger partial charge in [0.15, 0.2) is 0 Å². The van der Waals surface area contributed by atoms with Crippen LogP contribution in [0, 0.1) is 0 Å². The lowest BCUT2D eigenvalue weighted by atomic mass is 10.1. The van der Waals surface area contributed by atoms with Gasteiger partial charge in [-0.2, -0.15) is 0 Å². The fourth-order valence-electron chi connectivity index (χ4n) is 1.27. The largest absolute Gasteiger partial charge is 0.481 e. The van der Waals surface area contributed by atoms with E-state index in [0.29, 0.717) is 0 Å². The number of aliphatic carboxylic acids is 2. The van der Waals surface area contributed by atoms with Crippen molar-refractivity contribution in [3.8, 4) is 0 Å². The first kappa shape index (κ1) is 19.1. The highest BCUT2D eigenvalue weighted by molar-refractivity contribution is 6.03. The van der Waals surface area contributed by atoms with Crippen molar-refractivity contribution in [2.24, 2.45) is 0 Å². The van der Waals surface area contributed by atoms with Gasteiger partial charge in [0.25, 0.3) is 0 Å².